The van der Waals surface area contributed by atoms with Gasteiger partial charge < -0.3 is 5.41 Å². The van der Waals surface area contributed by atoms with Gasteiger partial charge in [0.05, 0.1) is 0 Å². The second-order valence-corrected chi connectivity index (χ2v) is 4.69. The molecule has 0 spiro atoms. The van der Waals surface area contributed by atoms with Crippen LogP contribution in [0.1, 0.15) is 46.5 Å². The fraction of sp³-hybridized carbons (Fsp3) is 0.900. The molecule has 64 valence electrons. The van der Waals surface area contributed by atoms with Gasteiger partial charge in [-0.2, -0.15) is 0 Å². The molecule has 1 nitrogen and oxygen atoms in total. The third-order valence-electron chi connectivity index (χ3n) is 2.65. The van der Waals surface area contributed by atoms with E-state index in [0.717, 1.165) is 12.1 Å². The highest BCUT2D eigenvalue weighted by molar-refractivity contribution is 5.85. The molecule has 1 atom stereocenters. The van der Waals surface area contributed by atoms with Gasteiger partial charge in [-0.1, -0.05) is 27.2 Å². The van der Waals surface area contributed by atoms with Crippen molar-refractivity contribution in [2.24, 2.45) is 11.3 Å². The van der Waals surface area contributed by atoms with Crippen molar-refractivity contribution in [3.8, 4) is 0 Å². The van der Waals surface area contributed by atoms with Crippen molar-refractivity contribution in [1.82, 2.24) is 0 Å². The quantitative estimate of drug-likeness (QED) is 0.552. The molecule has 1 aliphatic rings. The van der Waals surface area contributed by atoms with Crippen LogP contribution in [-0.2, 0) is 0 Å². The predicted octanol–water partition coefficient (Wildman–Crippen LogP) is 3.24. The number of hydrogen-bond acceptors (Lipinski definition) is 1. The highest BCUT2D eigenvalue weighted by Gasteiger charge is 2.29. The number of hydrogen-bond donors (Lipinski definition) is 1. The molecule has 0 aromatic heterocycles. The zero-order valence-electron chi connectivity index (χ0n) is 7.91. The molecule has 1 rings (SSSR count). The maximum absolute atomic E-state index is 7.80. The molecular weight excluding hydrogens is 134 g/mol. The van der Waals surface area contributed by atoms with Gasteiger partial charge in [-0.3, -0.25) is 0 Å². The molecule has 0 saturated heterocycles. The van der Waals surface area contributed by atoms with E-state index in [0.29, 0.717) is 11.3 Å². The van der Waals surface area contributed by atoms with E-state index in [1.54, 1.807) is 0 Å². The van der Waals surface area contributed by atoms with Crippen molar-refractivity contribution in [3.63, 3.8) is 0 Å². The Hall–Kier alpha value is -0.330. The lowest BCUT2D eigenvalue weighted by atomic mass is 9.71. The first-order valence-corrected chi connectivity index (χ1v) is 4.59. The lowest BCUT2D eigenvalue weighted by Gasteiger charge is -2.34. The summed E-state index contributed by atoms with van der Waals surface area (Å²) in [6.07, 6.45) is 4.85. The molecule has 1 unspecified atom stereocenters. The monoisotopic (exact) mass is 153 g/mol. The fourth-order valence-electron chi connectivity index (χ4n) is 1.97. The molecule has 0 radical (unpaired) electrons. The van der Waals surface area contributed by atoms with Crippen LogP contribution in [0.3, 0.4) is 0 Å². The van der Waals surface area contributed by atoms with E-state index in [4.69, 9.17) is 5.41 Å². The molecule has 1 heteroatoms. The summed E-state index contributed by atoms with van der Waals surface area (Å²) < 4.78 is 0. The van der Waals surface area contributed by atoms with E-state index in [1.165, 1.54) is 19.3 Å². The van der Waals surface area contributed by atoms with E-state index in [9.17, 15) is 0 Å². The first-order chi connectivity index (χ1) is 5.02. The van der Waals surface area contributed by atoms with Gasteiger partial charge >= 0.3 is 0 Å². The molecule has 11 heavy (non-hydrogen) atoms. The molecule has 1 saturated carbocycles. The Balaban J connectivity index is 2.62. The lowest BCUT2D eigenvalue weighted by Crippen LogP contribution is -2.30. The Morgan fingerprint density at radius 3 is 2.27 bits per heavy atom. The molecule has 0 aromatic carbocycles. The van der Waals surface area contributed by atoms with Gasteiger partial charge in [0, 0.05) is 11.6 Å². The smallest absolute Gasteiger partial charge is 0.0125 e. The average Bonchev–Trinajstić information content (AvgIpc) is 1.86. The summed E-state index contributed by atoms with van der Waals surface area (Å²) in [6.45, 7) is 6.74. The zero-order chi connectivity index (χ0) is 8.48. The maximum Gasteiger partial charge on any atom is 0.0125 e. The highest BCUT2D eigenvalue weighted by atomic mass is 14.5. The van der Waals surface area contributed by atoms with Gasteiger partial charge in [-0.05, 0) is 24.7 Å². The minimum absolute atomic E-state index is 0.317. The summed E-state index contributed by atoms with van der Waals surface area (Å²) in [6, 6.07) is 0. The Morgan fingerprint density at radius 2 is 1.91 bits per heavy atom. The number of nitrogens with one attached hydrogen (secondary N) is 1. The highest BCUT2D eigenvalue weighted by Crippen LogP contribution is 2.35. The molecule has 1 aliphatic carbocycles. The predicted molar refractivity (Wildman–Crippen MR) is 49.1 cm³/mol. The summed E-state index contributed by atoms with van der Waals surface area (Å²) in [7, 11) is 0. The molecule has 1 fully saturated rings. The van der Waals surface area contributed by atoms with Crippen LogP contribution < -0.4 is 0 Å². The summed E-state index contributed by atoms with van der Waals surface area (Å²) in [5.74, 6) is 0.552. The lowest BCUT2D eigenvalue weighted by molar-refractivity contribution is 0.275. The van der Waals surface area contributed by atoms with Crippen molar-refractivity contribution >= 4 is 5.71 Å². The van der Waals surface area contributed by atoms with Crippen LogP contribution in [0.15, 0.2) is 0 Å². The Kier molecular flexibility index (Phi) is 2.36. The molecule has 0 amide bonds. The van der Waals surface area contributed by atoms with Crippen molar-refractivity contribution in [1.29, 1.82) is 5.41 Å². The van der Waals surface area contributed by atoms with Gasteiger partial charge in [-0.25, -0.2) is 0 Å². The van der Waals surface area contributed by atoms with E-state index < -0.39 is 0 Å². The Bertz CT molecular complexity index is 153. The van der Waals surface area contributed by atoms with Gasteiger partial charge in [0.2, 0.25) is 0 Å². The standard InChI is InChI=1S/C10H19N/c1-10(2,3)8-6-4-5-7-9(8)11/h8,11H,4-7H2,1-3H3. The molecule has 0 aliphatic heterocycles. The van der Waals surface area contributed by atoms with Crippen LogP contribution in [0.5, 0.6) is 0 Å². The summed E-state index contributed by atoms with van der Waals surface area (Å²) in [5.41, 5.74) is 1.31. The normalized spacial score (nSPS) is 27.2. The Morgan fingerprint density at radius 1 is 1.27 bits per heavy atom. The van der Waals surface area contributed by atoms with Gasteiger partial charge in [0.15, 0.2) is 0 Å². The van der Waals surface area contributed by atoms with E-state index in [1.807, 2.05) is 0 Å². The van der Waals surface area contributed by atoms with Crippen LogP contribution in [0.2, 0.25) is 0 Å². The minimum Gasteiger partial charge on any atom is -0.309 e. The Labute approximate surface area is 69.7 Å². The molecular formula is C10H19N. The van der Waals surface area contributed by atoms with Crippen molar-refractivity contribution in [2.45, 2.75) is 46.5 Å². The topological polar surface area (TPSA) is 23.9 Å². The maximum atomic E-state index is 7.80. The van der Waals surface area contributed by atoms with Crippen LogP contribution in [0.25, 0.3) is 0 Å². The fourth-order valence-corrected chi connectivity index (χ4v) is 1.97. The van der Waals surface area contributed by atoms with E-state index in [2.05, 4.69) is 20.8 Å². The first-order valence-electron chi connectivity index (χ1n) is 4.59. The molecule has 0 bridgehead atoms. The average molecular weight is 153 g/mol. The largest absolute Gasteiger partial charge is 0.309 e. The van der Waals surface area contributed by atoms with Crippen LogP contribution in [-0.4, -0.2) is 5.71 Å². The first kappa shape index (κ1) is 8.76. The second-order valence-electron chi connectivity index (χ2n) is 4.69. The van der Waals surface area contributed by atoms with Crippen molar-refractivity contribution in [3.05, 3.63) is 0 Å². The SMILES string of the molecule is CC(C)(C)C1CCCCC1=N. The van der Waals surface area contributed by atoms with Crippen molar-refractivity contribution in [2.75, 3.05) is 0 Å². The second kappa shape index (κ2) is 2.96. The van der Waals surface area contributed by atoms with Crippen LogP contribution >= 0.6 is 0 Å². The minimum atomic E-state index is 0.317. The van der Waals surface area contributed by atoms with Gasteiger partial charge in [0.25, 0.3) is 0 Å². The molecule has 0 heterocycles. The van der Waals surface area contributed by atoms with Crippen LogP contribution in [0, 0.1) is 16.7 Å². The van der Waals surface area contributed by atoms with Crippen molar-refractivity contribution < 1.29 is 0 Å². The molecule has 0 aromatic rings. The van der Waals surface area contributed by atoms with Gasteiger partial charge in [0.1, 0.15) is 0 Å². The summed E-state index contributed by atoms with van der Waals surface area (Å²) in [4.78, 5) is 0. The number of rotatable bonds is 0. The summed E-state index contributed by atoms with van der Waals surface area (Å²) >= 11 is 0. The van der Waals surface area contributed by atoms with Gasteiger partial charge in [-0.15, -0.1) is 0 Å². The van der Waals surface area contributed by atoms with Crippen LogP contribution in [0.4, 0.5) is 0 Å². The van der Waals surface area contributed by atoms with E-state index in [-0.39, 0.29) is 0 Å². The molecule has 1 N–H and O–H groups in total. The summed E-state index contributed by atoms with van der Waals surface area (Å²) in [5, 5.41) is 7.80. The third-order valence-corrected chi connectivity index (χ3v) is 2.65. The van der Waals surface area contributed by atoms with E-state index >= 15 is 0 Å². The third kappa shape index (κ3) is 2.05. The zero-order valence-corrected chi connectivity index (χ0v) is 7.91.